The fraction of sp³-hybridized carbons (Fsp3) is 0.500. The maximum absolute atomic E-state index is 13.4. The molecule has 0 saturated heterocycles. The highest BCUT2D eigenvalue weighted by molar-refractivity contribution is 6.33. The van der Waals surface area contributed by atoms with Crippen molar-refractivity contribution in [3.8, 4) is 0 Å². The Bertz CT molecular complexity index is 1160. The second-order valence-electron chi connectivity index (χ2n) is 10.1. The summed E-state index contributed by atoms with van der Waals surface area (Å²) in [5.41, 5.74) is 0.518. The summed E-state index contributed by atoms with van der Waals surface area (Å²) >= 11 is 6.51. The van der Waals surface area contributed by atoms with Crippen molar-refractivity contribution in [2.75, 3.05) is 5.32 Å². The summed E-state index contributed by atoms with van der Waals surface area (Å²) in [4.78, 5) is 36.6. The molecule has 1 aromatic carbocycles. The van der Waals surface area contributed by atoms with Gasteiger partial charge < -0.3 is 10.4 Å². The maximum Gasteiger partial charge on any atom is 0.303 e. The quantitative estimate of drug-likeness (QED) is 0.616. The lowest BCUT2D eigenvalue weighted by atomic mass is 9.46. The molecule has 32 heavy (non-hydrogen) atoms. The van der Waals surface area contributed by atoms with Gasteiger partial charge in [0, 0.05) is 11.3 Å². The monoisotopic (exact) mass is 455 g/mol. The van der Waals surface area contributed by atoms with E-state index in [0.29, 0.717) is 35.2 Å². The van der Waals surface area contributed by atoms with Crippen molar-refractivity contribution in [1.29, 1.82) is 0 Å². The first kappa shape index (κ1) is 21.2. The number of benzene rings is 1. The predicted molar refractivity (Wildman–Crippen MR) is 121 cm³/mol. The molecule has 4 fully saturated rings. The van der Waals surface area contributed by atoms with Crippen molar-refractivity contribution in [3.05, 3.63) is 51.4 Å². The number of carbonyl (C=O) groups is 2. The molecule has 168 valence electrons. The smallest absolute Gasteiger partial charge is 0.303 e. The second kappa shape index (κ2) is 7.44. The maximum atomic E-state index is 13.4. The zero-order valence-corrected chi connectivity index (χ0v) is 18.7. The number of Topliss-reactive ketones (excluding diaryl/α,β-unsaturated/α-hetero) is 1. The number of hydrogen-bond donors (Lipinski definition) is 2. The molecule has 2 aromatic rings. The Morgan fingerprint density at radius 2 is 1.97 bits per heavy atom. The van der Waals surface area contributed by atoms with E-state index in [2.05, 4.69) is 10.4 Å². The number of carbonyl (C=O) groups excluding carboxylic acids is 1. The van der Waals surface area contributed by atoms with Crippen LogP contribution in [-0.2, 0) is 10.3 Å². The molecule has 0 radical (unpaired) electrons. The van der Waals surface area contributed by atoms with Crippen molar-refractivity contribution in [3.63, 3.8) is 0 Å². The van der Waals surface area contributed by atoms with Gasteiger partial charge in [0.05, 0.1) is 23.8 Å². The van der Waals surface area contributed by atoms with Crippen molar-refractivity contribution in [2.45, 2.75) is 57.4 Å². The molecule has 1 aromatic heterocycles. The molecule has 4 aliphatic rings. The first-order valence-corrected chi connectivity index (χ1v) is 11.4. The van der Waals surface area contributed by atoms with Gasteiger partial charge in [-0.15, -0.1) is 0 Å². The van der Waals surface area contributed by atoms with Gasteiger partial charge in [-0.3, -0.25) is 14.4 Å². The summed E-state index contributed by atoms with van der Waals surface area (Å²) in [5.74, 6) is 0.0311. The summed E-state index contributed by atoms with van der Waals surface area (Å²) < 4.78 is 1.54. The highest BCUT2D eigenvalue weighted by atomic mass is 35.5. The molecule has 4 bridgehead atoms. The lowest BCUT2D eigenvalue weighted by Crippen LogP contribution is -2.59. The molecule has 0 unspecified atom stereocenters. The number of nitrogens with one attached hydrogen (secondary N) is 1. The molecule has 0 amide bonds. The van der Waals surface area contributed by atoms with E-state index >= 15 is 0 Å². The number of ketones is 1. The molecular formula is C24H26ClN3O4. The highest BCUT2D eigenvalue weighted by Gasteiger charge is 2.59. The highest BCUT2D eigenvalue weighted by Crippen LogP contribution is 2.65. The topological polar surface area (TPSA) is 101 Å². The zero-order chi connectivity index (χ0) is 22.7. The van der Waals surface area contributed by atoms with Crippen LogP contribution in [-0.4, -0.2) is 26.6 Å². The Morgan fingerprint density at radius 3 is 2.62 bits per heavy atom. The van der Waals surface area contributed by atoms with E-state index in [1.54, 1.807) is 35.1 Å². The third-order valence-corrected chi connectivity index (χ3v) is 7.96. The molecule has 0 spiro atoms. The molecule has 2 atom stereocenters. The minimum Gasteiger partial charge on any atom is -0.481 e. The summed E-state index contributed by atoms with van der Waals surface area (Å²) in [5, 5.41) is 17.2. The molecule has 4 aliphatic carbocycles. The Morgan fingerprint density at radius 1 is 1.25 bits per heavy atom. The van der Waals surface area contributed by atoms with E-state index in [0.717, 1.165) is 32.1 Å². The molecule has 2 N–H and O–H groups in total. The standard InChI is InChI=1S/C24H26ClN3O4/c1-14(29)17-3-2-4-18(6-17)27-19-12-26-28(22(32)21(19)25)24-9-15-5-16(10-24)8-23(7-15,13-24)11-20(30)31/h2-4,6,12,15-16,27H,5,7-11,13H2,1H3,(H,30,31)/t15-,16-,23?,24?/m0/s1. The van der Waals surface area contributed by atoms with Crippen LogP contribution < -0.4 is 10.9 Å². The van der Waals surface area contributed by atoms with Crippen LogP contribution in [0.15, 0.2) is 35.3 Å². The van der Waals surface area contributed by atoms with Crippen molar-refractivity contribution in [2.24, 2.45) is 17.3 Å². The van der Waals surface area contributed by atoms with Gasteiger partial charge in [-0.2, -0.15) is 5.10 Å². The Labute approximate surface area is 190 Å². The molecule has 4 saturated carbocycles. The number of aromatic nitrogens is 2. The first-order valence-electron chi connectivity index (χ1n) is 11.1. The fourth-order valence-corrected chi connectivity index (χ4v) is 7.18. The summed E-state index contributed by atoms with van der Waals surface area (Å²) in [7, 11) is 0. The van der Waals surface area contributed by atoms with E-state index in [4.69, 9.17) is 11.6 Å². The fourth-order valence-electron chi connectivity index (χ4n) is 7.01. The van der Waals surface area contributed by atoms with E-state index in [1.165, 1.54) is 6.92 Å². The lowest BCUT2D eigenvalue weighted by Gasteiger charge is -2.61. The van der Waals surface area contributed by atoms with Gasteiger partial charge in [-0.1, -0.05) is 23.7 Å². The summed E-state index contributed by atoms with van der Waals surface area (Å²) in [6.45, 7) is 1.50. The van der Waals surface area contributed by atoms with Crippen LogP contribution in [0.3, 0.4) is 0 Å². The van der Waals surface area contributed by atoms with Crippen molar-refractivity contribution in [1.82, 2.24) is 9.78 Å². The van der Waals surface area contributed by atoms with Crippen LogP contribution >= 0.6 is 11.6 Å². The van der Waals surface area contributed by atoms with Gasteiger partial charge in [0.2, 0.25) is 0 Å². The van der Waals surface area contributed by atoms with Gasteiger partial charge in [-0.05, 0) is 74.8 Å². The number of hydrogen-bond acceptors (Lipinski definition) is 5. The Kier molecular flexibility index (Phi) is 4.93. The normalized spacial score (nSPS) is 30.3. The summed E-state index contributed by atoms with van der Waals surface area (Å²) in [6.07, 6.45) is 7.03. The lowest BCUT2D eigenvalue weighted by molar-refractivity contribution is -0.151. The van der Waals surface area contributed by atoms with Crippen LogP contribution in [0.2, 0.25) is 5.02 Å². The predicted octanol–water partition coefficient (Wildman–Crippen LogP) is 4.61. The Hall–Kier alpha value is -2.67. The van der Waals surface area contributed by atoms with Crippen molar-refractivity contribution >= 4 is 34.7 Å². The average molecular weight is 456 g/mol. The average Bonchev–Trinajstić information content (AvgIpc) is 2.69. The molecule has 7 nitrogen and oxygen atoms in total. The number of anilines is 2. The van der Waals surface area contributed by atoms with E-state index in [9.17, 15) is 19.5 Å². The van der Waals surface area contributed by atoms with E-state index in [1.807, 2.05) is 0 Å². The van der Waals surface area contributed by atoms with Crippen LogP contribution in [0.4, 0.5) is 11.4 Å². The van der Waals surface area contributed by atoms with Gasteiger partial charge in [-0.25, -0.2) is 4.68 Å². The molecule has 6 rings (SSSR count). The Balaban J connectivity index is 1.48. The third kappa shape index (κ3) is 3.52. The number of aliphatic carboxylic acids is 1. The molecule has 0 aliphatic heterocycles. The SMILES string of the molecule is CC(=O)c1cccc(Nc2cnn(C34C[C@H]5C[C@@H](CC(CC(=O)O)(C5)C3)C4)c(=O)c2Cl)c1. The first-order chi connectivity index (χ1) is 15.2. The number of halogens is 1. The van der Waals surface area contributed by atoms with Gasteiger partial charge in [0.15, 0.2) is 5.78 Å². The number of carboxylic acid groups (broad SMARTS) is 1. The largest absolute Gasteiger partial charge is 0.481 e. The minimum absolute atomic E-state index is 0.0506. The summed E-state index contributed by atoms with van der Waals surface area (Å²) in [6, 6.07) is 6.99. The van der Waals surface area contributed by atoms with Crippen molar-refractivity contribution < 1.29 is 14.7 Å². The van der Waals surface area contributed by atoms with Crippen LogP contribution in [0.1, 0.15) is 62.2 Å². The third-order valence-electron chi connectivity index (χ3n) is 7.59. The minimum atomic E-state index is -0.771. The van der Waals surface area contributed by atoms with Gasteiger partial charge >= 0.3 is 5.97 Å². The van der Waals surface area contributed by atoms with Crippen LogP contribution in [0.25, 0.3) is 0 Å². The van der Waals surface area contributed by atoms with Gasteiger partial charge in [0.1, 0.15) is 5.02 Å². The van der Waals surface area contributed by atoms with Gasteiger partial charge in [0.25, 0.3) is 5.56 Å². The molecular weight excluding hydrogens is 430 g/mol. The van der Waals surface area contributed by atoms with Crippen LogP contribution in [0, 0.1) is 17.3 Å². The van der Waals surface area contributed by atoms with E-state index < -0.39 is 11.5 Å². The van der Waals surface area contributed by atoms with Crippen LogP contribution in [0.5, 0.6) is 0 Å². The number of carboxylic acids is 1. The molecule has 8 heteroatoms. The van der Waals surface area contributed by atoms with E-state index in [-0.39, 0.29) is 28.2 Å². The number of nitrogens with zero attached hydrogens (tertiary/aromatic N) is 2. The zero-order valence-electron chi connectivity index (χ0n) is 17.9. The number of rotatable bonds is 6. The second-order valence-corrected chi connectivity index (χ2v) is 10.5. The molecule has 1 heterocycles.